The Hall–Kier alpha value is -0.900. The zero-order valence-electron chi connectivity index (χ0n) is 13.7. The van der Waals surface area contributed by atoms with Crippen molar-refractivity contribution < 1.29 is 0 Å². The SMILES string of the molecule is CC(C)N(CCN)C[C@H]1CCCCN1Cc1ccccc1. The number of rotatable bonds is 7. The van der Waals surface area contributed by atoms with Gasteiger partial charge in [-0.2, -0.15) is 0 Å². The average Bonchev–Trinajstić information content (AvgIpc) is 2.49. The first-order chi connectivity index (χ1) is 10.2. The molecule has 2 rings (SSSR count). The van der Waals surface area contributed by atoms with E-state index in [0.29, 0.717) is 12.1 Å². The maximum atomic E-state index is 5.78. The number of piperidine rings is 1. The van der Waals surface area contributed by atoms with Crippen molar-refractivity contribution in [2.24, 2.45) is 5.73 Å². The van der Waals surface area contributed by atoms with E-state index in [9.17, 15) is 0 Å². The Morgan fingerprint density at radius 3 is 2.67 bits per heavy atom. The lowest BCUT2D eigenvalue weighted by molar-refractivity contribution is 0.0867. The zero-order valence-corrected chi connectivity index (χ0v) is 13.7. The summed E-state index contributed by atoms with van der Waals surface area (Å²) < 4.78 is 0. The van der Waals surface area contributed by atoms with Gasteiger partial charge in [0.25, 0.3) is 0 Å². The van der Waals surface area contributed by atoms with Gasteiger partial charge >= 0.3 is 0 Å². The van der Waals surface area contributed by atoms with Crippen molar-refractivity contribution in [2.75, 3.05) is 26.2 Å². The molecule has 3 nitrogen and oxygen atoms in total. The van der Waals surface area contributed by atoms with Crippen LogP contribution < -0.4 is 5.73 Å². The number of nitrogens with zero attached hydrogens (tertiary/aromatic N) is 2. The molecule has 1 fully saturated rings. The van der Waals surface area contributed by atoms with Crippen LogP contribution in [0.25, 0.3) is 0 Å². The van der Waals surface area contributed by atoms with Gasteiger partial charge in [0.15, 0.2) is 0 Å². The van der Waals surface area contributed by atoms with Crippen LogP contribution in [0.3, 0.4) is 0 Å². The average molecular weight is 289 g/mol. The van der Waals surface area contributed by atoms with E-state index < -0.39 is 0 Å². The lowest BCUT2D eigenvalue weighted by Crippen LogP contribution is -2.49. The minimum absolute atomic E-state index is 0.578. The van der Waals surface area contributed by atoms with E-state index in [1.54, 1.807) is 0 Å². The van der Waals surface area contributed by atoms with E-state index in [2.05, 4.69) is 54.0 Å². The van der Waals surface area contributed by atoms with Crippen LogP contribution in [0.1, 0.15) is 38.7 Å². The molecule has 0 saturated carbocycles. The van der Waals surface area contributed by atoms with Gasteiger partial charge in [-0.05, 0) is 38.8 Å². The molecule has 21 heavy (non-hydrogen) atoms. The van der Waals surface area contributed by atoms with E-state index in [4.69, 9.17) is 5.73 Å². The highest BCUT2D eigenvalue weighted by molar-refractivity contribution is 5.14. The van der Waals surface area contributed by atoms with Crippen molar-refractivity contribution in [3.8, 4) is 0 Å². The van der Waals surface area contributed by atoms with Gasteiger partial charge in [0.1, 0.15) is 0 Å². The molecule has 0 radical (unpaired) electrons. The molecule has 1 saturated heterocycles. The number of hydrogen-bond acceptors (Lipinski definition) is 3. The Kier molecular flexibility index (Phi) is 6.68. The smallest absolute Gasteiger partial charge is 0.0237 e. The molecule has 3 heteroatoms. The van der Waals surface area contributed by atoms with Crippen molar-refractivity contribution in [1.29, 1.82) is 0 Å². The molecule has 1 aliphatic rings. The molecule has 1 aromatic rings. The largest absolute Gasteiger partial charge is 0.329 e. The Morgan fingerprint density at radius 1 is 1.24 bits per heavy atom. The highest BCUT2D eigenvalue weighted by atomic mass is 15.2. The molecule has 2 N–H and O–H groups in total. The van der Waals surface area contributed by atoms with Crippen LogP contribution in [0.4, 0.5) is 0 Å². The van der Waals surface area contributed by atoms with Crippen molar-refractivity contribution in [2.45, 2.75) is 51.7 Å². The summed E-state index contributed by atoms with van der Waals surface area (Å²) >= 11 is 0. The van der Waals surface area contributed by atoms with Gasteiger partial charge in [0.2, 0.25) is 0 Å². The third-order valence-electron chi connectivity index (χ3n) is 4.57. The van der Waals surface area contributed by atoms with Crippen LogP contribution >= 0.6 is 0 Å². The standard InChI is InChI=1S/C18H31N3/c1-16(2)20(13-11-19)15-18-10-6-7-12-21(18)14-17-8-4-3-5-9-17/h3-5,8-9,16,18H,6-7,10-15,19H2,1-2H3/t18-/m1/s1. The van der Waals surface area contributed by atoms with Gasteiger partial charge in [-0.15, -0.1) is 0 Å². The predicted molar refractivity (Wildman–Crippen MR) is 90.3 cm³/mol. The van der Waals surface area contributed by atoms with Gasteiger partial charge in [0.05, 0.1) is 0 Å². The first kappa shape index (κ1) is 16.5. The molecule has 0 bridgehead atoms. The minimum atomic E-state index is 0.578. The van der Waals surface area contributed by atoms with Crippen LogP contribution in [0.5, 0.6) is 0 Å². The van der Waals surface area contributed by atoms with E-state index in [1.165, 1.54) is 31.4 Å². The Labute approximate surface area is 130 Å². The molecule has 1 atom stereocenters. The van der Waals surface area contributed by atoms with E-state index >= 15 is 0 Å². The second-order valence-corrected chi connectivity index (χ2v) is 6.48. The molecule has 0 spiro atoms. The summed E-state index contributed by atoms with van der Waals surface area (Å²) in [5.41, 5.74) is 7.21. The molecule has 0 aromatic heterocycles. The minimum Gasteiger partial charge on any atom is -0.329 e. The van der Waals surface area contributed by atoms with E-state index in [1.807, 2.05) is 0 Å². The number of likely N-dealkylation sites (tertiary alicyclic amines) is 1. The second-order valence-electron chi connectivity index (χ2n) is 6.48. The lowest BCUT2D eigenvalue weighted by atomic mass is 10.00. The first-order valence-electron chi connectivity index (χ1n) is 8.42. The van der Waals surface area contributed by atoms with Crippen LogP contribution in [0, 0.1) is 0 Å². The van der Waals surface area contributed by atoms with E-state index in [-0.39, 0.29) is 0 Å². The molecule has 0 aliphatic carbocycles. The third kappa shape index (κ3) is 5.10. The first-order valence-corrected chi connectivity index (χ1v) is 8.42. The van der Waals surface area contributed by atoms with E-state index in [0.717, 1.165) is 26.2 Å². The Morgan fingerprint density at radius 2 is 2.00 bits per heavy atom. The normalized spacial score (nSPS) is 20.3. The summed E-state index contributed by atoms with van der Waals surface area (Å²) in [4.78, 5) is 5.21. The van der Waals surface area contributed by atoms with Crippen molar-refractivity contribution >= 4 is 0 Å². The maximum absolute atomic E-state index is 5.78. The van der Waals surface area contributed by atoms with Gasteiger partial charge < -0.3 is 5.73 Å². The van der Waals surface area contributed by atoms with Crippen LogP contribution in [0.15, 0.2) is 30.3 Å². The summed E-state index contributed by atoms with van der Waals surface area (Å²) in [7, 11) is 0. The second kappa shape index (κ2) is 8.52. The van der Waals surface area contributed by atoms with Gasteiger partial charge in [-0.25, -0.2) is 0 Å². The Bertz CT molecular complexity index is 391. The van der Waals surface area contributed by atoms with Crippen LogP contribution in [-0.2, 0) is 6.54 Å². The summed E-state index contributed by atoms with van der Waals surface area (Å²) in [6.07, 6.45) is 4.02. The molecule has 1 heterocycles. The molecular formula is C18H31N3. The quantitative estimate of drug-likeness (QED) is 0.837. The molecule has 1 aromatic carbocycles. The van der Waals surface area contributed by atoms with Crippen molar-refractivity contribution in [3.63, 3.8) is 0 Å². The topological polar surface area (TPSA) is 32.5 Å². The molecule has 0 unspecified atom stereocenters. The summed E-state index contributed by atoms with van der Waals surface area (Å²) in [5.74, 6) is 0. The predicted octanol–water partition coefficient (Wildman–Crippen LogP) is 2.71. The van der Waals surface area contributed by atoms with Crippen LogP contribution in [-0.4, -0.2) is 48.1 Å². The van der Waals surface area contributed by atoms with Gasteiger partial charge in [-0.1, -0.05) is 36.8 Å². The monoisotopic (exact) mass is 289 g/mol. The third-order valence-corrected chi connectivity index (χ3v) is 4.57. The summed E-state index contributed by atoms with van der Waals surface area (Å²) in [6.45, 7) is 9.78. The number of benzene rings is 1. The summed E-state index contributed by atoms with van der Waals surface area (Å²) in [6, 6.07) is 12.1. The molecule has 118 valence electrons. The molecule has 1 aliphatic heterocycles. The van der Waals surface area contributed by atoms with Crippen molar-refractivity contribution in [1.82, 2.24) is 9.80 Å². The van der Waals surface area contributed by atoms with Gasteiger partial charge in [-0.3, -0.25) is 9.80 Å². The highest BCUT2D eigenvalue weighted by Gasteiger charge is 2.25. The fourth-order valence-corrected chi connectivity index (χ4v) is 3.29. The Balaban J connectivity index is 1.97. The molecule has 0 amide bonds. The van der Waals surface area contributed by atoms with Crippen LogP contribution in [0.2, 0.25) is 0 Å². The fourth-order valence-electron chi connectivity index (χ4n) is 3.29. The summed E-state index contributed by atoms with van der Waals surface area (Å²) in [5, 5.41) is 0. The van der Waals surface area contributed by atoms with Gasteiger partial charge in [0, 0.05) is 38.3 Å². The number of hydrogen-bond donors (Lipinski definition) is 1. The van der Waals surface area contributed by atoms with Crippen molar-refractivity contribution in [3.05, 3.63) is 35.9 Å². The lowest BCUT2D eigenvalue weighted by Gasteiger charge is -2.40. The maximum Gasteiger partial charge on any atom is 0.0237 e. The molecular weight excluding hydrogens is 258 g/mol. The highest BCUT2D eigenvalue weighted by Crippen LogP contribution is 2.21. The fraction of sp³-hybridized carbons (Fsp3) is 0.667. The number of nitrogens with two attached hydrogens (primary N) is 1. The zero-order chi connectivity index (χ0) is 15.1.